The normalized spacial score (nSPS) is 7.80. The Morgan fingerprint density at radius 3 is 1.87 bits per heavy atom. The fourth-order valence-electron chi connectivity index (χ4n) is 0.341. The molecule has 0 spiro atoms. The summed E-state index contributed by atoms with van der Waals surface area (Å²) in [5.74, 6) is -2.84. The molecule has 0 rings (SSSR count). The van der Waals surface area contributed by atoms with Crippen molar-refractivity contribution in [1.29, 1.82) is 0 Å². The van der Waals surface area contributed by atoms with Crippen LogP contribution in [0.3, 0.4) is 0 Å². The van der Waals surface area contributed by atoms with Crippen molar-refractivity contribution in [3.63, 3.8) is 0 Å². The van der Waals surface area contributed by atoms with Crippen LogP contribution in [0.15, 0.2) is 24.8 Å². The van der Waals surface area contributed by atoms with Crippen LogP contribution in [0, 0.1) is 0 Å². The molecule has 0 heterocycles. The molecule has 0 aromatic heterocycles. The Labute approximate surface area is 86.5 Å². The molecule has 6 heteroatoms. The van der Waals surface area contributed by atoms with Gasteiger partial charge in [0.05, 0.1) is 13.5 Å². The summed E-state index contributed by atoms with van der Waals surface area (Å²) in [5, 5.41) is 16.1. The molecule has 0 bridgehead atoms. The number of hydrogen-bond acceptors (Lipinski definition) is 4. The van der Waals surface area contributed by atoms with Gasteiger partial charge in [0.25, 0.3) is 0 Å². The highest BCUT2D eigenvalue weighted by molar-refractivity contribution is 5.91. The Balaban J connectivity index is 0. The smallest absolute Gasteiger partial charge is 0.331 e. The number of methoxy groups -OCH3 is 1. The van der Waals surface area contributed by atoms with E-state index in [4.69, 9.17) is 10.2 Å². The fourth-order valence-corrected chi connectivity index (χ4v) is 0.341. The van der Waals surface area contributed by atoms with Crippen LogP contribution >= 0.6 is 0 Å². The van der Waals surface area contributed by atoms with Crippen LogP contribution in [0.25, 0.3) is 0 Å². The predicted molar refractivity (Wildman–Crippen MR) is 51.2 cm³/mol. The van der Waals surface area contributed by atoms with Crippen LogP contribution in [0.5, 0.6) is 0 Å². The van der Waals surface area contributed by atoms with Gasteiger partial charge < -0.3 is 14.9 Å². The van der Waals surface area contributed by atoms with E-state index in [1.165, 1.54) is 7.11 Å². The molecule has 0 aromatic carbocycles. The van der Waals surface area contributed by atoms with Crippen molar-refractivity contribution in [3.05, 3.63) is 24.8 Å². The third-order valence-electron chi connectivity index (χ3n) is 1.03. The minimum Gasteiger partial charge on any atom is -0.481 e. The van der Waals surface area contributed by atoms with E-state index in [1.807, 2.05) is 0 Å². The molecule has 15 heavy (non-hydrogen) atoms. The zero-order valence-corrected chi connectivity index (χ0v) is 8.23. The Bertz CT molecular complexity index is 278. The SMILES string of the molecule is C=C(CC(=O)O)C(=O)O.C=CC(=O)OC. The highest BCUT2D eigenvalue weighted by Crippen LogP contribution is 1.95. The lowest BCUT2D eigenvalue weighted by atomic mass is 10.2. The van der Waals surface area contributed by atoms with E-state index in [-0.39, 0.29) is 5.57 Å². The van der Waals surface area contributed by atoms with Crippen molar-refractivity contribution in [1.82, 2.24) is 0 Å². The largest absolute Gasteiger partial charge is 0.481 e. The van der Waals surface area contributed by atoms with Crippen LogP contribution in [0.1, 0.15) is 6.42 Å². The third-order valence-corrected chi connectivity index (χ3v) is 1.03. The van der Waals surface area contributed by atoms with Gasteiger partial charge in [-0.3, -0.25) is 4.79 Å². The molecule has 84 valence electrons. The molecule has 0 radical (unpaired) electrons. The van der Waals surface area contributed by atoms with Gasteiger partial charge in [-0.15, -0.1) is 0 Å². The molecule has 6 nitrogen and oxygen atoms in total. The maximum absolute atomic E-state index is 9.87. The summed E-state index contributed by atoms with van der Waals surface area (Å²) < 4.78 is 4.14. The first-order chi connectivity index (χ1) is 6.84. The second kappa shape index (κ2) is 8.49. The molecule has 0 aliphatic heterocycles. The summed E-state index contributed by atoms with van der Waals surface area (Å²) in [5.41, 5.74) is -0.303. The second-order valence-electron chi connectivity index (χ2n) is 2.21. The van der Waals surface area contributed by atoms with Gasteiger partial charge in [-0.1, -0.05) is 13.2 Å². The number of rotatable bonds is 4. The minimum atomic E-state index is -1.27. The van der Waals surface area contributed by atoms with E-state index in [9.17, 15) is 14.4 Å². The monoisotopic (exact) mass is 216 g/mol. The number of aliphatic carboxylic acids is 2. The zero-order valence-electron chi connectivity index (χ0n) is 8.23. The van der Waals surface area contributed by atoms with Crippen molar-refractivity contribution in [3.8, 4) is 0 Å². The summed E-state index contributed by atoms with van der Waals surface area (Å²) in [4.78, 5) is 29.5. The molecule has 0 atom stereocenters. The molecule has 0 saturated carbocycles. The molecule has 0 unspecified atom stereocenters. The van der Waals surface area contributed by atoms with E-state index in [1.54, 1.807) is 0 Å². The van der Waals surface area contributed by atoms with E-state index >= 15 is 0 Å². The number of hydrogen-bond donors (Lipinski definition) is 2. The Hall–Kier alpha value is -2.11. The molecule has 2 N–H and O–H groups in total. The van der Waals surface area contributed by atoms with Crippen LogP contribution in [0.2, 0.25) is 0 Å². The molecule has 0 aliphatic rings. The lowest BCUT2D eigenvalue weighted by Gasteiger charge is -1.91. The molecule has 0 saturated heterocycles. The summed E-state index contributed by atoms with van der Waals surface area (Å²) in [6.07, 6.45) is 0.606. The van der Waals surface area contributed by atoms with Crippen LogP contribution in [-0.2, 0) is 19.1 Å². The van der Waals surface area contributed by atoms with Crippen molar-refractivity contribution >= 4 is 17.9 Å². The van der Waals surface area contributed by atoms with Crippen LogP contribution < -0.4 is 0 Å². The standard InChI is InChI=1S/C5H6O4.C4H6O2/c1-3(5(8)9)2-4(6)7;1-3-4(5)6-2/h1-2H2,(H,6,7)(H,8,9);3H,1H2,2H3. The average Bonchev–Trinajstić information content (AvgIpc) is 2.16. The highest BCUT2D eigenvalue weighted by Gasteiger charge is 2.07. The highest BCUT2D eigenvalue weighted by atomic mass is 16.5. The number of carbonyl (C=O) groups excluding carboxylic acids is 1. The Kier molecular flexibility index (Phi) is 8.69. The first kappa shape index (κ1) is 15.4. The van der Waals surface area contributed by atoms with Gasteiger partial charge in [-0.2, -0.15) is 0 Å². The first-order valence-corrected chi connectivity index (χ1v) is 3.68. The van der Waals surface area contributed by atoms with Gasteiger partial charge in [0.2, 0.25) is 0 Å². The predicted octanol–water partition coefficient (Wildman–Crippen LogP) is 0.447. The van der Waals surface area contributed by atoms with Crippen molar-refractivity contribution in [2.24, 2.45) is 0 Å². The summed E-state index contributed by atoms with van der Waals surface area (Å²) in [6.45, 7) is 6.17. The van der Waals surface area contributed by atoms with Gasteiger partial charge in [0.1, 0.15) is 0 Å². The Morgan fingerprint density at radius 1 is 1.33 bits per heavy atom. The molecule has 0 aromatic rings. The van der Waals surface area contributed by atoms with E-state index < -0.39 is 24.3 Å². The van der Waals surface area contributed by atoms with Gasteiger partial charge in [0, 0.05) is 11.6 Å². The average molecular weight is 216 g/mol. The van der Waals surface area contributed by atoms with Crippen LogP contribution in [-0.4, -0.2) is 35.2 Å². The topological polar surface area (TPSA) is 101 Å². The van der Waals surface area contributed by atoms with Crippen molar-refractivity contribution in [2.75, 3.05) is 7.11 Å². The van der Waals surface area contributed by atoms with Crippen LogP contribution in [0.4, 0.5) is 0 Å². The number of carbonyl (C=O) groups is 3. The molecule has 0 fully saturated rings. The first-order valence-electron chi connectivity index (χ1n) is 3.68. The van der Waals surface area contributed by atoms with Gasteiger partial charge >= 0.3 is 17.9 Å². The number of carboxylic acid groups (broad SMARTS) is 2. The van der Waals surface area contributed by atoms with E-state index in [0.717, 1.165) is 6.08 Å². The zero-order chi connectivity index (χ0) is 12.4. The van der Waals surface area contributed by atoms with Gasteiger partial charge in [-0.25, -0.2) is 9.59 Å². The maximum Gasteiger partial charge on any atom is 0.331 e. The van der Waals surface area contributed by atoms with Gasteiger partial charge in [-0.05, 0) is 0 Å². The summed E-state index contributed by atoms with van der Waals surface area (Å²) in [7, 11) is 1.31. The Morgan fingerprint density at radius 2 is 1.80 bits per heavy atom. The minimum absolute atomic E-state index is 0.303. The van der Waals surface area contributed by atoms with E-state index in [2.05, 4.69) is 17.9 Å². The maximum atomic E-state index is 9.87. The third kappa shape index (κ3) is 11.9. The lowest BCUT2D eigenvalue weighted by molar-refractivity contribution is -0.139. The molecule has 0 aliphatic carbocycles. The van der Waals surface area contributed by atoms with Gasteiger partial charge in [0.15, 0.2) is 0 Å². The summed E-state index contributed by atoms with van der Waals surface area (Å²) >= 11 is 0. The second-order valence-corrected chi connectivity index (χ2v) is 2.21. The number of esters is 1. The summed E-state index contributed by atoms with van der Waals surface area (Å²) in [6, 6.07) is 0. The van der Waals surface area contributed by atoms with Crippen molar-refractivity contribution in [2.45, 2.75) is 6.42 Å². The quantitative estimate of drug-likeness (QED) is 0.522. The lowest BCUT2D eigenvalue weighted by Crippen LogP contribution is -2.04. The number of carboxylic acids is 2. The fraction of sp³-hybridized carbons (Fsp3) is 0.222. The molecular weight excluding hydrogens is 204 g/mol. The number of ether oxygens (including phenoxy) is 1. The molecular formula is C9H12O6. The molecule has 0 amide bonds. The van der Waals surface area contributed by atoms with E-state index in [0.29, 0.717) is 0 Å². The van der Waals surface area contributed by atoms with Crippen molar-refractivity contribution < 1.29 is 29.3 Å².